The lowest BCUT2D eigenvalue weighted by Crippen LogP contribution is -2.36. The molecule has 5 aromatic rings. The number of aliphatic hydroxyl groups is 1. The maximum Gasteiger partial charge on any atom is 0.277 e. The van der Waals surface area contributed by atoms with Crippen LogP contribution in [0.4, 0.5) is 27.9 Å². The summed E-state index contributed by atoms with van der Waals surface area (Å²) in [4.78, 5) is 34.5. The van der Waals surface area contributed by atoms with Gasteiger partial charge in [-0.1, -0.05) is 0 Å². The second-order valence-electron chi connectivity index (χ2n) is 17.6. The Hall–Kier alpha value is -5.46. The first kappa shape index (κ1) is 41.5. The van der Waals surface area contributed by atoms with Gasteiger partial charge in [0.05, 0.1) is 62.4 Å². The molecule has 0 saturated carbocycles. The van der Waals surface area contributed by atoms with E-state index >= 15 is 0 Å². The van der Waals surface area contributed by atoms with Crippen molar-refractivity contribution < 1.29 is 38.0 Å². The largest absolute Gasteiger partial charge is 0.487 e. The van der Waals surface area contributed by atoms with E-state index in [1.54, 1.807) is 6.20 Å². The molecule has 17 heteroatoms. The van der Waals surface area contributed by atoms with Crippen LogP contribution in [0.2, 0.25) is 0 Å². The Bertz CT molecular complexity index is 2460. The van der Waals surface area contributed by atoms with Crippen LogP contribution in [0.5, 0.6) is 11.5 Å². The minimum absolute atomic E-state index is 0.181. The Morgan fingerprint density at radius 3 is 2.16 bits per heavy atom. The summed E-state index contributed by atoms with van der Waals surface area (Å²) in [6.45, 7) is 14.6. The Kier molecular flexibility index (Phi) is 11.4. The Balaban J connectivity index is 0.812. The van der Waals surface area contributed by atoms with Gasteiger partial charge < -0.3 is 58.5 Å². The number of hydrogen-bond acceptors (Lipinski definition) is 16. The summed E-state index contributed by atoms with van der Waals surface area (Å²) in [6.07, 6.45) is 4.93. The monoisotopic (exact) mass is 878 g/mol. The molecule has 0 aliphatic carbocycles. The molecule has 2 unspecified atom stereocenters. The second kappa shape index (κ2) is 17.3. The first-order valence-electron chi connectivity index (χ1n) is 21.9. The molecule has 63 heavy (non-hydrogen) atoms. The second-order valence-corrected chi connectivity index (χ2v) is 18.5. The summed E-state index contributed by atoms with van der Waals surface area (Å²) >= 11 is 1.53. The van der Waals surface area contributed by atoms with Crippen molar-refractivity contribution in [1.82, 2.24) is 15.0 Å². The zero-order chi connectivity index (χ0) is 43.1. The lowest BCUT2D eigenvalue weighted by atomic mass is 9.92. The molecular formula is C46H54N8O8S. The number of pyridine rings is 1. The first-order valence-corrected chi connectivity index (χ1v) is 22.7. The van der Waals surface area contributed by atoms with Crippen molar-refractivity contribution in [3.05, 3.63) is 82.4 Å². The minimum Gasteiger partial charge on any atom is -0.487 e. The lowest BCUT2D eigenvalue weighted by molar-refractivity contribution is 0.102. The van der Waals surface area contributed by atoms with Crippen LogP contribution in [-0.4, -0.2) is 116 Å². The third kappa shape index (κ3) is 9.02. The molecule has 10 rings (SSSR count). The predicted molar refractivity (Wildman–Crippen MR) is 240 cm³/mol. The highest BCUT2D eigenvalue weighted by Gasteiger charge is 2.37. The highest BCUT2D eigenvalue weighted by atomic mass is 32.1. The Morgan fingerprint density at radius 2 is 1.44 bits per heavy atom. The number of benzene rings is 2. The quantitative estimate of drug-likeness (QED) is 0.123. The average Bonchev–Trinajstić information content (AvgIpc) is 4.11. The number of aryl methyl sites for hydroxylation is 1. The zero-order valence-electron chi connectivity index (χ0n) is 36.0. The fourth-order valence-corrected chi connectivity index (χ4v) is 9.94. The summed E-state index contributed by atoms with van der Waals surface area (Å²) in [7, 11) is 0. The van der Waals surface area contributed by atoms with Gasteiger partial charge in [-0.25, -0.2) is 9.97 Å². The zero-order valence-corrected chi connectivity index (χ0v) is 36.8. The number of hydrogen-bond donors (Lipinski definition) is 3. The maximum absolute atomic E-state index is 13.7. The first-order chi connectivity index (χ1) is 30.5. The molecule has 5 aliphatic rings. The molecular weight excluding hydrogens is 825 g/mol. The van der Waals surface area contributed by atoms with E-state index in [0.717, 1.165) is 88.7 Å². The number of aliphatic hydroxyl groups excluding tert-OH is 1. The number of carbonyl (C=O) groups is 1. The van der Waals surface area contributed by atoms with E-state index in [2.05, 4.69) is 68.2 Å². The maximum atomic E-state index is 13.7. The number of aromatic nitrogens is 3. The molecule has 2 atom stereocenters. The van der Waals surface area contributed by atoms with Gasteiger partial charge in [0.25, 0.3) is 5.91 Å². The molecule has 8 heterocycles. The number of nitrogens with zero attached hydrogens (tertiary/aromatic N) is 6. The number of morpholine rings is 3. The van der Waals surface area contributed by atoms with Crippen molar-refractivity contribution in [2.45, 2.75) is 63.9 Å². The molecule has 0 bridgehead atoms. The molecule has 0 spiro atoms. The van der Waals surface area contributed by atoms with Crippen molar-refractivity contribution in [3.8, 4) is 23.0 Å². The van der Waals surface area contributed by atoms with Crippen molar-refractivity contribution >= 4 is 45.1 Å². The molecule has 1 amide bonds. The third-order valence-corrected chi connectivity index (χ3v) is 13.2. The number of carbonyl (C=O) groups excluding carboxylic acids is 1. The molecule has 16 nitrogen and oxygen atoms in total. The molecule has 332 valence electrons. The van der Waals surface area contributed by atoms with E-state index in [0.29, 0.717) is 89.3 Å². The Morgan fingerprint density at radius 1 is 0.810 bits per heavy atom. The molecule has 2 aromatic carbocycles. The van der Waals surface area contributed by atoms with Gasteiger partial charge in [0.1, 0.15) is 34.7 Å². The molecule has 3 N–H and O–H groups in total. The summed E-state index contributed by atoms with van der Waals surface area (Å²) in [5.74, 6) is 1.66. The van der Waals surface area contributed by atoms with E-state index in [4.69, 9.17) is 33.1 Å². The van der Waals surface area contributed by atoms with Crippen LogP contribution in [0.1, 0.15) is 66.4 Å². The van der Waals surface area contributed by atoms with Gasteiger partial charge in [-0.05, 0) is 57.9 Å². The molecule has 3 aromatic heterocycles. The summed E-state index contributed by atoms with van der Waals surface area (Å²) in [5, 5.41) is 20.7. The fourth-order valence-electron chi connectivity index (χ4n) is 9.04. The van der Waals surface area contributed by atoms with Gasteiger partial charge in [0.2, 0.25) is 5.89 Å². The molecule has 0 radical (unpaired) electrons. The SMILES string of the molecule is CC1(C)Cc2cc(NC(=O)c3coc(-c4ccnc(CCC5(C)Cc6cc(NC(O)c7csc(N8CCOCC8)n7)c(N7CCOCC7)cc6O5)c4)n3)c(N3CCOCC3)cc2O1. The van der Waals surface area contributed by atoms with Crippen molar-refractivity contribution in [3.63, 3.8) is 0 Å². The summed E-state index contributed by atoms with van der Waals surface area (Å²) in [5.41, 5.74) is 7.06. The lowest BCUT2D eigenvalue weighted by Gasteiger charge is -2.31. The van der Waals surface area contributed by atoms with Crippen molar-refractivity contribution in [2.24, 2.45) is 0 Å². The van der Waals surface area contributed by atoms with Crippen LogP contribution in [0, 0.1) is 0 Å². The van der Waals surface area contributed by atoms with Gasteiger partial charge in [-0.2, -0.15) is 0 Å². The Labute approximate surface area is 370 Å². The van der Waals surface area contributed by atoms with Crippen LogP contribution < -0.4 is 34.8 Å². The normalized spacial score (nSPS) is 21.0. The number of anilines is 5. The smallest absolute Gasteiger partial charge is 0.277 e. The van der Waals surface area contributed by atoms with Gasteiger partial charge in [0.15, 0.2) is 17.1 Å². The molecule has 5 aliphatic heterocycles. The molecule has 3 fully saturated rings. The summed E-state index contributed by atoms with van der Waals surface area (Å²) < 4.78 is 35.7. The van der Waals surface area contributed by atoms with Crippen molar-refractivity contribution in [1.29, 1.82) is 0 Å². The number of amides is 1. The minimum atomic E-state index is -0.990. The van der Waals surface area contributed by atoms with Gasteiger partial charge in [0, 0.05) is 98.2 Å². The number of rotatable bonds is 12. The number of thiazole rings is 1. The highest BCUT2D eigenvalue weighted by Crippen LogP contribution is 2.45. The highest BCUT2D eigenvalue weighted by molar-refractivity contribution is 7.13. The third-order valence-electron chi connectivity index (χ3n) is 12.3. The van der Waals surface area contributed by atoms with E-state index in [1.807, 2.05) is 29.6 Å². The average molecular weight is 879 g/mol. The number of fused-ring (bicyclic) bond motifs is 2. The van der Waals surface area contributed by atoms with Crippen LogP contribution in [0.25, 0.3) is 11.5 Å². The molecule has 3 saturated heterocycles. The number of ether oxygens (including phenoxy) is 5. The topological polar surface area (TPSA) is 169 Å². The van der Waals surface area contributed by atoms with Crippen LogP contribution in [-0.2, 0) is 33.5 Å². The van der Waals surface area contributed by atoms with E-state index in [-0.39, 0.29) is 17.2 Å². The number of oxazole rings is 1. The van der Waals surface area contributed by atoms with Crippen LogP contribution >= 0.6 is 11.3 Å². The van der Waals surface area contributed by atoms with E-state index in [9.17, 15) is 9.90 Å². The van der Waals surface area contributed by atoms with Gasteiger partial charge >= 0.3 is 0 Å². The summed E-state index contributed by atoms with van der Waals surface area (Å²) in [6, 6.07) is 12.1. The van der Waals surface area contributed by atoms with Crippen LogP contribution in [0.3, 0.4) is 0 Å². The van der Waals surface area contributed by atoms with Crippen LogP contribution in [0.15, 0.2) is 58.7 Å². The fraction of sp³-hybridized carbons (Fsp3) is 0.478. The number of nitrogens with one attached hydrogen (secondary N) is 2. The van der Waals surface area contributed by atoms with Crippen molar-refractivity contribution in [2.75, 3.05) is 104 Å². The van der Waals surface area contributed by atoms with Gasteiger partial charge in [-0.15, -0.1) is 11.3 Å². The standard InChI is InChI=1S/C46H54N8O8S/c1-45(2)25-30-21-33(37(23-39(30)61-45)52-8-14-57-15-9-52)48-41(55)35-27-60-43(50-35)29-5-7-47-32(20-29)4-6-46(3)26-31-22-34(38(24-40(31)62-46)53-10-16-58-17-11-53)49-42(56)36-28-63-44(51-36)54-12-18-59-19-13-54/h5,7,20-24,27-28,42,49,56H,4,6,8-19,25-26H2,1-3H3,(H,48,55). The van der Waals surface area contributed by atoms with Gasteiger partial charge in [-0.3, -0.25) is 9.78 Å². The predicted octanol–water partition coefficient (Wildman–Crippen LogP) is 6.10. The van der Waals surface area contributed by atoms with E-state index in [1.165, 1.54) is 17.6 Å². The van der Waals surface area contributed by atoms with E-state index < -0.39 is 11.8 Å².